The SMILES string of the molecule is S.[CaH2].[Fe].[MgH2].[Mn].[Zn]. The van der Waals surface area contributed by atoms with E-state index in [9.17, 15) is 0 Å². The van der Waals surface area contributed by atoms with E-state index in [1.807, 2.05) is 0 Å². The molecule has 0 heterocycles. The number of hydrogen-bond donors (Lipinski definition) is 0. The Bertz CT molecular complexity index is 15.5. The predicted octanol–water partition coefficient (Wildman–Crippen LogP) is -1.73. The van der Waals surface area contributed by atoms with Gasteiger partial charge in [0.05, 0.1) is 0 Å². The van der Waals surface area contributed by atoms with Gasteiger partial charge in [0.2, 0.25) is 0 Å². The van der Waals surface area contributed by atoms with Crippen molar-refractivity contribution in [2.75, 3.05) is 0 Å². The second-order valence-corrected chi connectivity index (χ2v) is 0. The average Bonchev–Trinajstić information content (AvgIpc) is 0. The molecular formula is H6CaFeMgMnSZn. The minimum atomic E-state index is 0. The second-order valence-electron chi connectivity index (χ2n) is 0. The fourth-order valence-electron chi connectivity index (χ4n) is 0. The van der Waals surface area contributed by atoms with E-state index in [0.717, 1.165) is 0 Å². The summed E-state index contributed by atoms with van der Waals surface area (Å²) in [5.74, 6) is 0. The summed E-state index contributed by atoms with van der Waals surface area (Å²) >= 11 is 0. The summed E-state index contributed by atoms with van der Waals surface area (Å²) in [6.45, 7) is 0. The van der Waals surface area contributed by atoms with E-state index in [4.69, 9.17) is 0 Å². The molecular weight excluding hydrogens is 273 g/mol. The molecule has 6 heavy (non-hydrogen) atoms. The Morgan fingerprint density at radius 1 is 1.00 bits per heavy atom. The molecule has 0 rings (SSSR count). The first-order valence-electron chi connectivity index (χ1n) is 0. The summed E-state index contributed by atoms with van der Waals surface area (Å²) in [7, 11) is 0. The normalized spacial score (nSPS) is 0. The Labute approximate surface area is 125 Å². The molecule has 0 unspecified atom stereocenters. The first kappa shape index (κ1) is 50.3. The van der Waals surface area contributed by atoms with Gasteiger partial charge in [0.1, 0.15) is 0 Å². The van der Waals surface area contributed by atoms with Gasteiger partial charge in [-0.05, 0) is 0 Å². The van der Waals surface area contributed by atoms with Crippen LogP contribution >= 0.6 is 13.5 Å². The number of hydrogen-bond acceptors (Lipinski definition) is 0. The third-order valence-corrected chi connectivity index (χ3v) is 0. The molecule has 0 aromatic heterocycles. The molecule has 33 valence electrons. The molecule has 0 amide bonds. The minimum absolute atomic E-state index is 0. The molecule has 0 aliphatic heterocycles. The monoisotopic (exact) mass is 277 g/mol. The Balaban J connectivity index is 0. The van der Waals surface area contributed by atoms with Crippen LogP contribution in [-0.4, -0.2) is 60.8 Å². The molecule has 0 N–H and O–H groups in total. The quantitative estimate of drug-likeness (QED) is 0.462. The summed E-state index contributed by atoms with van der Waals surface area (Å²) in [5, 5.41) is 0. The zero-order valence-corrected chi connectivity index (χ0v) is 8.19. The Morgan fingerprint density at radius 3 is 1.00 bits per heavy atom. The van der Waals surface area contributed by atoms with Crippen molar-refractivity contribution >= 4 is 74.3 Å². The summed E-state index contributed by atoms with van der Waals surface area (Å²) in [5.41, 5.74) is 0. The summed E-state index contributed by atoms with van der Waals surface area (Å²) < 4.78 is 0. The van der Waals surface area contributed by atoms with Crippen molar-refractivity contribution in [2.24, 2.45) is 0 Å². The second kappa shape index (κ2) is 35.8. The van der Waals surface area contributed by atoms with Crippen LogP contribution in [0.3, 0.4) is 0 Å². The molecule has 0 saturated carbocycles. The van der Waals surface area contributed by atoms with E-state index < -0.39 is 0 Å². The van der Waals surface area contributed by atoms with Crippen LogP contribution in [0.15, 0.2) is 0 Å². The molecule has 0 atom stereocenters. The van der Waals surface area contributed by atoms with E-state index in [2.05, 4.69) is 0 Å². The molecule has 0 aromatic carbocycles. The van der Waals surface area contributed by atoms with Crippen LogP contribution in [-0.2, 0) is 53.6 Å². The third-order valence-electron chi connectivity index (χ3n) is 0. The van der Waals surface area contributed by atoms with Gasteiger partial charge in [-0.15, -0.1) is 0 Å². The van der Waals surface area contributed by atoms with Crippen molar-refractivity contribution in [2.45, 2.75) is 0 Å². The van der Waals surface area contributed by atoms with Crippen molar-refractivity contribution in [3.8, 4) is 0 Å². The smallest absolute Gasteiger partial charge is 0 e. The van der Waals surface area contributed by atoms with E-state index in [0.29, 0.717) is 0 Å². The maximum atomic E-state index is 0. The van der Waals surface area contributed by atoms with E-state index in [1.54, 1.807) is 0 Å². The van der Waals surface area contributed by atoms with E-state index in [-0.39, 0.29) is 128 Å². The standard InChI is InChI=1S/Ca.Fe.Mg.Mn.H2S.Zn.4H/h;;;;1H2;;;;;. The summed E-state index contributed by atoms with van der Waals surface area (Å²) in [6, 6.07) is 0. The fourth-order valence-corrected chi connectivity index (χ4v) is 0. The number of rotatable bonds is 0. The first-order valence-corrected chi connectivity index (χ1v) is 0. The topological polar surface area (TPSA) is 0 Å². The molecule has 0 aliphatic carbocycles. The van der Waals surface area contributed by atoms with Crippen molar-refractivity contribution < 1.29 is 53.6 Å². The molecule has 6 heteroatoms. The van der Waals surface area contributed by atoms with Crippen LogP contribution < -0.4 is 0 Å². The van der Waals surface area contributed by atoms with Crippen molar-refractivity contribution in [1.82, 2.24) is 0 Å². The zero-order valence-electron chi connectivity index (χ0n) is 1.94. The zero-order chi connectivity index (χ0) is 0. The molecule has 0 spiro atoms. The first-order chi connectivity index (χ1) is 0. The third kappa shape index (κ3) is 24.4. The van der Waals surface area contributed by atoms with Gasteiger partial charge < -0.3 is 0 Å². The predicted molar refractivity (Wildman–Crippen MR) is 27.5 cm³/mol. The maximum Gasteiger partial charge on any atom is 0.316 e. The Hall–Kier alpha value is 4.04. The van der Waals surface area contributed by atoms with Crippen molar-refractivity contribution in [1.29, 1.82) is 0 Å². The van der Waals surface area contributed by atoms with Gasteiger partial charge in [-0.1, -0.05) is 0 Å². The van der Waals surface area contributed by atoms with Crippen LogP contribution in [0.5, 0.6) is 0 Å². The van der Waals surface area contributed by atoms with Gasteiger partial charge in [-0.3, -0.25) is 0 Å². The largest absolute Gasteiger partial charge is 0.316 e. The van der Waals surface area contributed by atoms with Gasteiger partial charge in [-0.2, -0.15) is 13.5 Å². The molecule has 0 aromatic rings. The van der Waals surface area contributed by atoms with Crippen molar-refractivity contribution in [3.63, 3.8) is 0 Å². The van der Waals surface area contributed by atoms with Crippen molar-refractivity contribution in [3.05, 3.63) is 0 Å². The van der Waals surface area contributed by atoms with Gasteiger partial charge in [0.25, 0.3) is 0 Å². The van der Waals surface area contributed by atoms with Crippen LogP contribution in [0, 0.1) is 0 Å². The van der Waals surface area contributed by atoms with Crippen LogP contribution in [0.25, 0.3) is 0 Å². The molecule has 0 saturated heterocycles. The van der Waals surface area contributed by atoms with Crippen LogP contribution in [0.4, 0.5) is 0 Å². The van der Waals surface area contributed by atoms with E-state index >= 15 is 0 Å². The molecule has 0 nitrogen and oxygen atoms in total. The van der Waals surface area contributed by atoms with Gasteiger partial charge >= 0.3 is 60.8 Å². The average molecular weight is 279 g/mol. The Kier molecular flexibility index (Phi) is 300. The van der Waals surface area contributed by atoms with Crippen LogP contribution in [0.1, 0.15) is 0 Å². The van der Waals surface area contributed by atoms with E-state index in [1.165, 1.54) is 0 Å². The fraction of sp³-hybridized carbons (Fsp3) is 0. The maximum absolute atomic E-state index is 0. The molecule has 0 fully saturated rings. The summed E-state index contributed by atoms with van der Waals surface area (Å²) in [6.07, 6.45) is 0. The van der Waals surface area contributed by atoms with Gasteiger partial charge in [-0.25, -0.2) is 0 Å². The van der Waals surface area contributed by atoms with Crippen LogP contribution in [0.2, 0.25) is 0 Å². The molecule has 0 aliphatic rings. The Morgan fingerprint density at radius 2 is 1.00 bits per heavy atom. The van der Waals surface area contributed by atoms with Gasteiger partial charge in [0, 0.05) is 53.6 Å². The molecule has 0 bridgehead atoms. The molecule has 1 radical (unpaired) electrons. The summed E-state index contributed by atoms with van der Waals surface area (Å²) in [4.78, 5) is 0. The van der Waals surface area contributed by atoms with Gasteiger partial charge in [0.15, 0.2) is 0 Å². The minimum Gasteiger partial charge on any atom is 0 e.